The number of nitrogens with zero attached hydrogens (tertiary/aromatic N) is 2. The van der Waals surface area contributed by atoms with E-state index in [1.807, 2.05) is 31.7 Å². The predicted molar refractivity (Wildman–Crippen MR) is 85.5 cm³/mol. The highest BCUT2D eigenvalue weighted by atomic mass is 32.1. The summed E-state index contributed by atoms with van der Waals surface area (Å²) in [7, 11) is 0. The predicted octanol–water partition coefficient (Wildman–Crippen LogP) is 2.13. The largest absolute Gasteiger partial charge is 0.396 e. The van der Waals surface area contributed by atoms with Gasteiger partial charge in [-0.15, -0.1) is 11.3 Å². The minimum Gasteiger partial charge on any atom is -0.396 e. The first-order valence-electron chi connectivity index (χ1n) is 7.47. The lowest BCUT2D eigenvalue weighted by Crippen LogP contribution is -2.42. The van der Waals surface area contributed by atoms with Gasteiger partial charge in [0.2, 0.25) is 0 Å². The lowest BCUT2D eigenvalue weighted by molar-refractivity contribution is -0.125. The number of likely N-dealkylation sites (tertiary alicyclic amines) is 1. The van der Waals surface area contributed by atoms with Gasteiger partial charge in [0.15, 0.2) is 5.78 Å². The molecule has 2 aliphatic rings. The first-order valence-corrected chi connectivity index (χ1v) is 8.35. The molecule has 0 unspecified atom stereocenters. The molecule has 0 aromatic carbocycles. The van der Waals surface area contributed by atoms with Crippen molar-refractivity contribution < 1.29 is 9.59 Å². The molecule has 2 heterocycles. The maximum absolute atomic E-state index is 12.5. The molecule has 1 aromatic heterocycles. The standard InChI is InChI=1S/C16H21N3O2S/c1-10-18-12(7-22-10)14(21)19-5-4-16(9-19)6-11(17)13(20)15(2,3)8-16/h6-7H,4-5,8-9,17H2,1-3H3/t16-/m1/s1. The van der Waals surface area contributed by atoms with Crippen LogP contribution < -0.4 is 5.73 Å². The average Bonchev–Trinajstić information content (AvgIpc) is 3.02. The molecule has 0 radical (unpaired) electrons. The Hall–Kier alpha value is -1.69. The number of rotatable bonds is 1. The molecule has 0 saturated carbocycles. The molecule has 1 atom stereocenters. The lowest BCUT2D eigenvalue weighted by Gasteiger charge is -2.39. The second-order valence-corrected chi connectivity index (χ2v) is 8.14. The Labute approximate surface area is 134 Å². The van der Waals surface area contributed by atoms with Gasteiger partial charge in [-0.2, -0.15) is 0 Å². The fourth-order valence-electron chi connectivity index (χ4n) is 3.75. The number of Topliss-reactive ketones (excluding diaryl/α,β-unsaturated/α-hetero) is 1. The third-order valence-corrected chi connectivity index (χ3v) is 5.42. The van der Waals surface area contributed by atoms with Gasteiger partial charge in [0.1, 0.15) is 5.69 Å². The highest BCUT2D eigenvalue weighted by Crippen LogP contribution is 2.47. The molecule has 6 heteroatoms. The molecule has 0 bridgehead atoms. The summed E-state index contributed by atoms with van der Waals surface area (Å²) in [6, 6.07) is 0. The van der Waals surface area contributed by atoms with Crippen LogP contribution in [0.1, 0.15) is 42.2 Å². The van der Waals surface area contributed by atoms with Gasteiger partial charge in [-0.3, -0.25) is 9.59 Å². The van der Waals surface area contributed by atoms with Gasteiger partial charge in [0, 0.05) is 29.3 Å². The second kappa shape index (κ2) is 4.91. The topological polar surface area (TPSA) is 76.3 Å². The van der Waals surface area contributed by atoms with Crippen molar-refractivity contribution >= 4 is 23.0 Å². The summed E-state index contributed by atoms with van der Waals surface area (Å²) in [4.78, 5) is 30.8. The number of aryl methyl sites for hydroxylation is 1. The van der Waals surface area contributed by atoms with Crippen molar-refractivity contribution in [1.82, 2.24) is 9.88 Å². The summed E-state index contributed by atoms with van der Waals surface area (Å²) in [5.41, 5.74) is 6.16. The number of aromatic nitrogens is 1. The fraction of sp³-hybridized carbons (Fsp3) is 0.562. The maximum atomic E-state index is 12.5. The van der Waals surface area contributed by atoms with Crippen molar-refractivity contribution in [3.05, 3.63) is 27.9 Å². The number of carbonyl (C=O) groups excluding carboxylic acids is 2. The number of hydrogen-bond acceptors (Lipinski definition) is 5. The average molecular weight is 319 g/mol. The first-order chi connectivity index (χ1) is 10.2. The zero-order valence-corrected chi connectivity index (χ0v) is 14.0. The molecule has 5 nitrogen and oxygen atoms in total. The number of nitrogens with two attached hydrogens (primary N) is 1. The molecule has 1 amide bonds. The molecule has 1 fully saturated rings. The van der Waals surface area contributed by atoms with Crippen LogP contribution in [0, 0.1) is 17.8 Å². The molecule has 3 rings (SSSR count). The molecule has 1 saturated heterocycles. The highest BCUT2D eigenvalue weighted by Gasteiger charge is 2.48. The number of carbonyl (C=O) groups is 2. The Morgan fingerprint density at radius 3 is 2.77 bits per heavy atom. The first kappa shape index (κ1) is 15.2. The Balaban J connectivity index is 1.83. The van der Waals surface area contributed by atoms with Crippen molar-refractivity contribution in [3.8, 4) is 0 Å². The SMILES string of the molecule is Cc1nc(C(=O)N2CC[C@]3(C=C(N)C(=O)C(C)(C)C3)C2)cs1. The normalized spacial score (nSPS) is 27.3. The number of thiazole rings is 1. The monoisotopic (exact) mass is 319 g/mol. The molecular formula is C16H21N3O2S. The summed E-state index contributed by atoms with van der Waals surface area (Å²) < 4.78 is 0. The van der Waals surface area contributed by atoms with E-state index in [0.29, 0.717) is 24.5 Å². The fourth-order valence-corrected chi connectivity index (χ4v) is 4.34. The van der Waals surface area contributed by atoms with E-state index in [2.05, 4.69) is 4.98 Å². The van der Waals surface area contributed by atoms with Gasteiger partial charge in [0.05, 0.1) is 10.7 Å². The Morgan fingerprint density at radius 2 is 2.18 bits per heavy atom. The van der Waals surface area contributed by atoms with Crippen LogP contribution in [0.25, 0.3) is 0 Å². The number of amides is 1. The van der Waals surface area contributed by atoms with Gasteiger partial charge >= 0.3 is 0 Å². The van der Waals surface area contributed by atoms with Gasteiger partial charge in [-0.1, -0.05) is 13.8 Å². The molecule has 22 heavy (non-hydrogen) atoms. The van der Waals surface area contributed by atoms with Crippen LogP contribution in [0.5, 0.6) is 0 Å². The summed E-state index contributed by atoms with van der Waals surface area (Å²) in [5.74, 6) is -0.0130. The van der Waals surface area contributed by atoms with Crippen molar-refractivity contribution in [3.63, 3.8) is 0 Å². The Bertz CT molecular complexity index is 677. The van der Waals surface area contributed by atoms with Crippen molar-refractivity contribution in [2.24, 2.45) is 16.6 Å². The van der Waals surface area contributed by atoms with E-state index >= 15 is 0 Å². The zero-order valence-electron chi connectivity index (χ0n) is 13.2. The van der Waals surface area contributed by atoms with Crippen LogP contribution in [0.15, 0.2) is 17.2 Å². The number of hydrogen-bond donors (Lipinski definition) is 1. The summed E-state index contributed by atoms with van der Waals surface area (Å²) in [6.45, 7) is 7.06. The molecule has 118 valence electrons. The Kier molecular flexibility index (Phi) is 3.40. The van der Waals surface area contributed by atoms with Crippen LogP contribution in [0.2, 0.25) is 0 Å². The van der Waals surface area contributed by atoms with Crippen LogP contribution in [-0.4, -0.2) is 34.7 Å². The van der Waals surface area contributed by atoms with Crippen molar-refractivity contribution in [2.75, 3.05) is 13.1 Å². The van der Waals surface area contributed by atoms with E-state index in [1.165, 1.54) is 11.3 Å². The third kappa shape index (κ3) is 2.45. The summed E-state index contributed by atoms with van der Waals surface area (Å²) in [6.07, 6.45) is 3.47. The molecule has 2 N–H and O–H groups in total. The number of ketones is 1. The van der Waals surface area contributed by atoms with Crippen LogP contribution in [0.4, 0.5) is 0 Å². The van der Waals surface area contributed by atoms with Crippen molar-refractivity contribution in [2.45, 2.75) is 33.6 Å². The maximum Gasteiger partial charge on any atom is 0.273 e. The van der Waals surface area contributed by atoms with E-state index in [-0.39, 0.29) is 17.1 Å². The van der Waals surface area contributed by atoms with E-state index in [4.69, 9.17) is 5.73 Å². The molecule has 1 aromatic rings. The Morgan fingerprint density at radius 1 is 1.45 bits per heavy atom. The molecule has 1 aliphatic carbocycles. The highest BCUT2D eigenvalue weighted by molar-refractivity contribution is 7.09. The molecule has 1 aliphatic heterocycles. The third-order valence-electron chi connectivity index (χ3n) is 4.64. The second-order valence-electron chi connectivity index (χ2n) is 7.08. The molecular weight excluding hydrogens is 298 g/mol. The van der Waals surface area contributed by atoms with Crippen LogP contribution >= 0.6 is 11.3 Å². The van der Waals surface area contributed by atoms with E-state index in [9.17, 15) is 9.59 Å². The van der Waals surface area contributed by atoms with Gasteiger partial charge in [-0.05, 0) is 25.8 Å². The van der Waals surface area contributed by atoms with Gasteiger partial charge in [-0.25, -0.2) is 4.98 Å². The molecule has 1 spiro atoms. The van der Waals surface area contributed by atoms with E-state index < -0.39 is 5.41 Å². The van der Waals surface area contributed by atoms with Gasteiger partial charge < -0.3 is 10.6 Å². The minimum absolute atomic E-state index is 0.0121. The van der Waals surface area contributed by atoms with E-state index in [1.54, 1.807) is 5.38 Å². The van der Waals surface area contributed by atoms with Gasteiger partial charge in [0.25, 0.3) is 5.91 Å². The quantitative estimate of drug-likeness (QED) is 0.860. The van der Waals surface area contributed by atoms with Crippen molar-refractivity contribution in [1.29, 1.82) is 0 Å². The minimum atomic E-state index is -0.463. The number of allylic oxidation sites excluding steroid dienone is 1. The zero-order chi connectivity index (χ0) is 16.1. The van der Waals surface area contributed by atoms with Crippen LogP contribution in [-0.2, 0) is 4.79 Å². The van der Waals surface area contributed by atoms with E-state index in [0.717, 1.165) is 17.8 Å². The lowest BCUT2D eigenvalue weighted by atomic mass is 9.65. The summed E-state index contributed by atoms with van der Waals surface area (Å²) >= 11 is 1.48. The smallest absolute Gasteiger partial charge is 0.273 e. The van der Waals surface area contributed by atoms with Crippen LogP contribution in [0.3, 0.4) is 0 Å². The summed E-state index contributed by atoms with van der Waals surface area (Å²) in [5, 5.41) is 2.70.